The van der Waals surface area contributed by atoms with Gasteiger partial charge < -0.3 is 10.5 Å². The smallest absolute Gasteiger partial charge is 0.218 e. The molecular formula is C17H28N2O. The summed E-state index contributed by atoms with van der Waals surface area (Å²) >= 11 is 0. The fourth-order valence-corrected chi connectivity index (χ4v) is 3.24. The first-order chi connectivity index (χ1) is 9.49. The van der Waals surface area contributed by atoms with Gasteiger partial charge in [-0.1, -0.05) is 33.3 Å². The number of nitrogens with zero attached hydrogens (tertiary/aromatic N) is 1. The molecule has 3 nitrogen and oxygen atoms in total. The fraction of sp³-hybridized carbons (Fsp3) is 0.706. The standard InChI is InChI=1S/C17H28N2O/c1-11(2)14-8-7-12(3)10-16(14)20-17-15(13(4)18)6-5-9-19-17/h5-6,9,11-14,16H,7-8,10,18H2,1-4H3/t12?,13-,14?,16?/m1/s1. The molecule has 1 saturated carbocycles. The Morgan fingerprint density at radius 1 is 1.30 bits per heavy atom. The second-order valence-corrected chi connectivity index (χ2v) is 6.67. The van der Waals surface area contributed by atoms with Crippen molar-refractivity contribution in [1.82, 2.24) is 4.98 Å². The normalized spacial score (nSPS) is 28.4. The Morgan fingerprint density at radius 3 is 2.70 bits per heavy atom. The van der Waals surface area contributed by atoms with Crippen LogP contribution >= 0.6 is 0 Å². The SMILES string of the molecule is CC1CCC(C(C)C)C(Oc2ncccc2[C@@H](C)N)C1. The van der Waals surface area contributed by atoms with Crippen molar-refractivity contribution in [2.24, 2.45) is 23.5 Å². The highest BCUT2D eigenvalue weighted by Crippen LogP contribution is 2.36. The summed E-state index contributed by atoms with van der Waals surface area (Å²) in [6.07, 6.45) is 5.75. The maximum Gasteiger partial charge on any atom is 0.218 e. The zero-order valence-electron chi connectivity index (χ0n) is 13.2. The van der Waals surface area contributed by atoms with Crippen LogP contribution in [0.5, 0.6) is 5.88 Å². The van der Waals surface area contributed by atoms with Crippen LogP contribution in [0.2, 0.25) is 0 Å². The van der Waals surface area contributed by atoms with E-state index in [0.717, 1.165) is 23.8 Å². The van der Waals surface area contributed by atoms with Crippen molar-refractivity contribution in [3.63, 3.8) is 0 Å². The van der Waals surface area contributed by atoms with Gasteiger partial charge in [0.1, 0.15) is 6.10 Å². The first-order valence-electron chi connectivity index (χ1n) is 7.86. The molecule has 3 heteroatoms. The number of nitrogens with two attached hydrogens (primary N) is 1. The van der Waals surface area contributed by atoms with Gasteiger partial charge in [0.2, 0.25) is 5.88 Å². The molecule has 2 N–H and O–H groups in total. The van der Waals surface area contributed by atoms with Crippen molar-refractivity contribution in [3.8, 4) is 5.88 Å². The van der Waals surface area contributed by atoms with Gasteiger partial charge in [0.15, 0.2) is 0 Å². The Morgan fingerprint density at radius 2 is 2.05 bits per heavy atom. The summed E-state index contributed by atoms with van der Waals surface area (Å²) in [4.78, 5) is 4.41. The fourth-order valence-electron chi connectivity index (χ4n) is 3.24. The minimum atomic E-state index is -0.0442. The molecule has 1 aromatic heterocycles. The molecule has 0 bridgehead atoms. The lowest BCUT2D eigenvalue weighted by Crippen LogP contribution is -2.37. The van der Waals surface area contributed by atoms with Gasteiger partial charge in [-0.05, 0) is 43.6 Å². The van der Waals surface area contributed by atoms with Crippen molar-refractivity contribution in [2.75, 3.05) is 0 Å². The minimum absolute atomic E-state index is 0.0442. The summed E-state index contributed by atoms with van der Waals surface area (Å²) in [6.45, 7) is 8.88. The van der Waals surface area contributed by atoms with Crippen LogP contribution in [0.4, 0.5) is 0 Å². The van der Waals surface area contributed by atoms with Crippen molar-refractivity contribution >= 4 is 0 Å². The van der Waals surface area contributed by atoms with Gasteiger partial charge in [-0.15, -0.1) is 0 Å². The highest BCUT2D eigenvalue weighted by atomic mass is 16.5. The summed E-state index contributed by atoms with van der Waals surface area (Å²) in [6, 6.07) is 3.90. The number of hydrogen-bond acceptors (Lipinski definition) is 3. The van der Waals surface area contributed by atoms with E-state index in [1.54, 1.807) is 6.20 Å². The monoisotopic (exact) mass is 276 g/mol. The van der Waals surface area contributed by atoms with E-state index < -0.39 is 0 Å². The van der Waals surface area contributed by atoms with Crippen LogP contribution in [0.25, 0.3) is 0 Å². The molecule has 0 spiro atoms. The van der Waals surface area contributed by atoms with Crippen molar-refractivity contribution in [1.29, 1.82) is 0 Å². The van der Waals surface area contributed by atoms with Gasteiger partial charge >= 0.3 is 0 Å². The van der Waals surface area contributed by atoms with Crippen LogP contribution in [0.3, 0.4) is 0 Å². The third-order valence-electron chi connectivity index (χ3n) is 4.52. The van der Waals surface area contributed by atoms with E-state index in [2.05, 4.69) is 25.8 Å². The zero-order chi connectivity index (χ0) is 14.7. The van der Waals surface area contributed by atoms with E-state index in [-0.39, 0.29) is 12.1 Å². The molecule has 1 aliphatic carbocycles. The average Bonchev–Trinajstić information content (AvgIpc) is 2.38. The average molecular weight is 276 g/mol. The highest BCUT2D eigenvalue weighted by molar-refractivity contribution is 5.28. The van der Waals surface area contributed by atoms with E-state index in [4.69, 9.17) is 10.5 Å². The lowest BCUT2D eigenvalue weighted by Gasteiger charge is -2.37. The van der Waals surface area contributed by atoms with E-state index in [0.29, 0.717) is 11.8 Å². The summed E-state index contributed by atoms with van der Waals surface area (Å²) in [5.74, 6) is 2.73. The second-order valence-electron chi connectivity index (χ2n) is 6.67. The van der Waals surface area contributed by atoms with Crippen LogP contribution in [0, 0.1) is 17.8 Å². The number of aromatic nitrogens is 1. The zero-order valence-corrected chi connectivity index (χ0v) is 13.2. The predicted octanol–water partition coefficient (Wildman–Crippen LogP) is 3.94. The molecule has 1 fully saturated rings. The summed E-state index contributed by atoms with van der Waals surface area (Å²) in [5.41, 5.74) is 7.03. The Hall–Kier alpha value is -1.09. The second kappa shape index (κ2) is 6.57. The molecule has 112 valence electrons. The molecule has 1 heterocycles. The van der Waals surface area contributed by atoms with E-state index >= 15 is 0 Å². The van der Waals surface area contributed by atoms with E-state index in [1.807, 2.05) is 19.1 Å². The van der Waals surface area contributed by atoms with Gasteiger partial charge in [-0.25, -0.2) is 4.98 Å². The minimum Gasteiger partial charge on any atom is -0.474 e. The third-order valence-corrected chi connectivity index (χ3v) is 4.52. The lowest BCUT2D eigenvalue weighted by molar-refractivity contribution is 0.0416. The molecule has 0 radical (unpaired) electrons. The summed E-state index contributed by atoms with van der Waals surface area (Å²) in [5, 5.41) is 0. The maximum atomic E-state index is 6.30. The molecule has 1 aromatic rings. The Labute approximate surface area is 122 Å². The first-order valence-corrected chi connectivity index (χ1v) is 7.86. The van der Waals surface area contributed by atoms with E-state index in [1.165, 1.54) is 12.8 Å². The lowest BCUT2D eigenvalue weighted by atomic mass is 9.75. The summed E-state index contributed by atoms with van der Waals surface area (Å²) in [7, 11) is 0. The first kappa shape index (κ1) is 15.3. The molecule has 3 unspecified atom stereocenters. The molecule has 20 heavy (non-hydrogen) atoms. The Bertz CT molecular complexity index is 431. The molecule has 2 rings (SSSR count). The predicted molar refractivity (Wildman–Crippen MR) is 82.6 cm³/mol. The van der Waals surface area contributed by atoms with Crippen LogP contribution in [-0.4, -0.2) is 11.1 Å². The quantitative estimate of drug-likeness (QED) is 0.906. The van der Waals surface area contributed by atoms with Gasteiger partial charge in [0.25, 0.3) is 0 Å². The van der Waals surface area contributed by atoms with Gasteiger partial charge in [-0.2, -0.15) is 0 Å². The summed E-state index contributed by atoms with van der Waals surface area (Å²) < 4.78 is 6.30. The van der Waals surface area contributed by atoms with Crippen molar-refractivity contribution in [3.05, 3.63) is 23.9 Å². The topological polar surface area (TPSA) is 48.1 Å². The van der Waals surface area contributed by atoms with Crippen LogP contribution in [0.1, 0.15) is 58.6 Å². The molecular weight excluding hydrogens is 248 g/mol. The number of ether oxygens (including phenoxy) is 1. The molecule has 4 atom stereocenters. The number of rotatable bonds is 4. The largest absolute Gasteiger partial charge is 0.474 e. The van der Waals surface area contributed by atoms with Crippen molar-refractivity contribution < 1.29 is 4.74 Å². The molecule has 0 aromatic carbocycles. The van der Waals surface area contributed by atoms with Gasteiger partial charge in [0.05, 0.1) is 0 Å². The number of pyridine rings is 1. The van der Waals surface area contributed by atoms with Crippen LogP contribution in [0.15, 0.2) is 18.3 Å². The third kappa shape index (κ3) is 3.51. The van der Waals surface area contributed by atoms with Crippen molar-refractivity contribution in [2.45, 2.75) is 59.1 Å². The molecule has 0 saturated heterocycles. The Balaban J connectivity index is 2.18. The Kier molecular flexibility index (Phi) is 5.03. The van der Waals surface area contributed by atoms with Crippen LogP contribution < -0.4 is 10.5 Å². The van der Waals surface area contributed by atoms with Gasteiger partial charge in [-0.3, -0.25) is 0 Å². The highest BCUT2D eigenvalue weighted by Gasteiger charge is 2.33. The maximum absolute atomic E-state index is 6.30. The van der Waals surface area contributed by atoms with E-state index in [9.17, 15) is 0 Å². The van der Waals surface area contributed by atoms with Crippen LogP contribution in [-0.2, 0) is 0 Å². The molecule has 0 aliphatic heterocycles. The molecule has 1 aliphatic rings. The van der Waals surface area contributed by atoms with Gasteiger partial charge in [0, 0.05) is 17.8 Å². The number of hydrogen-bond donors (Lipinski definition) is 1. The molecule has 0 amide bonds.